The summed E-state index contributed by atoms with van der Waals surface area (Å²) < 4.78 is 5.14. The number of thiazole rings is 1. The Hall–Kier alpha value is -5.47. The van der Waals surface area contributed by atoms with E-state index in [4.69, 9.17) is 19.8 Å². The Balaban J connectivity index is 1.29. The van der Waals surface area contributed by atoms with Crippen LogP contribution in [-0.2, 0) is 29.5 Å². The van der Waals surface area contributed by atoms with E-state index in [0.29, 0.717) is 10.9 Å². The zero-order valence-electron chi connectivity index (χ0n) is 26.5. The van der Waals surface area contributed by atoms with E-state index in [1.54, 1.807) is 12.3 Å². The molecule has 6 rings (SSSR count). The molecule has 1 aromatic heterocycles. The van der Waals surface area contributed by atoms with Crippen molar-refractivity contribution in [3.8, 4) is 0 Å². The van der Waals surface area contributed by atoms with Crippen molar-refractivity contribution in [3.63, 3.8) is 0 Å². The number of carbonyl (C=O) groups is 3. The van der Waals surface area contributed by atoms with E-state index in [1.165, 1.54) is 35.1 Å². The highest BCUT2D eigenvalue weighted by Gasteiger charge is 2.54. The molecule has 0 spiro atoms. The van der Waals surface area contributed by atoms with Crippen LogP contribution in [0.15, 0.2) is 117 Å². The molecule has 2 aliphatic rings. The first-order valence-corrected chi connectivity index (χ1v) is 17.2. The van der Waals surface area contributed by atoms with Gasteiger partial charge in [0.1, 0.15) is 30.1 Å². The van der Waals surface area contributed by atoms with Gasteiger partial charge in [0, 0.05) is 11.1 Å². The van der Waals surface area contributed by atoms with Gasteiger partial charge < -0.3 is 25.4 Å². The van der Waals surface area contributed by atoms with Gasteiger partial charge in [0.05, 0.1) is 23.8 Å². The Morgan fingerprint density at radius 2 is 1.61 bits per heavy atom. The van der Waals surface area contributed by atoms with Gasteiger partial charge in [0.2, 0.25) is 0 Å². The minimum atomic E-state index is -0.947. The number of oxime groups is 2. The fourth-order valence-corrected chi connectivity index (χ4v) is 7.83. The molecule has 1 fully saturated rings. The molecule has 0 saturated carbocycles. The molecule has 2 aliphatic heterocycles. The van der Waals surface area contributed by atoms with E-state index < -0.39 is 35.4 Å². The lowest BCUT2D eigenvalue weighted by molar-refractivity contribution is -0.154. The van der Waals surface area contributed by atoms with Crippen LogP contribution < -0.4 is 10.6 Å². The number of hydrogen-bond donors (Lipinski definition) is 3. The summed E-state index contributed by atoms with van der Waals surface area (Å²) in [7, 11) is 1.32. The topological polar surface area (TPSA) is 155 Å². The zero-order chi connectivity index (χ0) is 34.4. The fraction of sp³-hybridized carbons (Fsp3) is 0.200. The quantitative estimate of drug-likeness (QED) is 0.0483. The lowest BCUT2D eigenvalue weighted by Crippen LogP contribution is -2.73. The summed E-state index contributed by atoms with van der Waals surface area (Å²) >= 11 is 2.51. The highest BCUT2D eigenvalue weighted by atomic mass is 32.2. The monoisotopic (exact) mass is 696 g/mol. The Bertz CT molecular complexity index is 1820. The molecule has 0 radical (unpaired) electrons. The van der Waals surface area contributed by atoms with Gasteiger partial charge in [0.15, 0.2) is 10.8 Å². The third kappa shape index (κ3) is 6.39. The predicted octanol–water partition coefficient (Wildman–Crippen LogP) is 4.57. The molecule has 3 N–H and O–H groups in total. The lowest BCUT2D eigenvalue weighted by atomic mass is 9.77. The lowest BCUT2D eigenvalue weighted by Gasteiger charge is -2.49. The Labute approximate surface area is 290 Å². The number of nitrogens with zero attached hydrogens (tertiary/aromatic N) is 4. The number of thioether (sulfide) groups is 1. The van der Waals surface area contributed by atoms with Crippen molar-refractivity contribution in [1.82, 2.24) is 15.2 Å². The third-order valence-corrected chi connectivity index (χ3v) is 9.97. The van der Waals surface area contributed by atoms with Crippen LogP contribution in [0.25, 0.3) is 0 Å². The number of rotatable bonds is 12. The summed E-state index contributed by atoms with van der Waals surface area (Å²) in [4.78, 5) is 51.1. The normalized spacial score (nSPS) is 17.7. The van der Waals surface area contributed by atoms with Crippen molar-refractivity contribution < 1.29 is 29.2 Å². The summed E-state index contributed by atoms with van der Waals surface area (Å²) in [6, 6.07) is 28.6. The number of esters is 1. The minimum Gasteiger partial charge on any atom is -0.461 e. The molecule has 3 aromatic carbocycles. The van der Waals surface area contributed by atoms with Gasteiger partial charge in [0.25, 0.3) is 11.8 Å². The smallest absolute Gasteiger partial charge is 0.356 e. The molecule has 4 aromatic rings. The maximum atomic E-state index is 13.7. The second kappa shape index (κ2) is 14.7. The van der Waals surface area contributed by atoms with Crippen molar-refractivity contribution in [2.24, 2.45) is 10.3 Å². The summed E-state index contributed by atoms with van der Waals surface area (Å²) in [5.41, 5.74) is 2.19. The Kier molecular flexibility index (Phi) is 10.1. The second-order valence-corrected chi connectivity index (χ2v) is 12.8. The van der Waals surface area contributed by atoms with Crippen molar-refractivity contribution in [2.45, 2.75) is 24.5 Å². The number of β-lactam (4-membered cyclic amide) rings is 1. The molecular formula is C35H32N6O6S2. The molecule has 1 saturated heterocycles. The molecular weight excluding hydrogens is 665 g/mol. The van der Waals surface area contributed by atoms with Crippen LogP contribution in [0.5, 0.6) is 0 Å². The molecule has 0 aliphatic carbocycles. The summed E-state index contributed by atoms with van der Waals surface area (Å²) in [6.07, 6.45) is 1.09. The van der Waals surface area contributed by atoms with Gasteiger partial charge in [-0.15, -0.1) is 23.1 Å². The molecule has 0 bridgehead atoms. The van der Waals surface area contributed by atoms with E-state index in [2.05, 4.69) is 57.3 Å². The van der Waals surface area contributed by atoms with E-state index >= 15 is 0 Å². The van der Waals surface area contributed by atoms with Crippen LogP contribution in [-0.4, -0.2) is 76.4 Å². The minimum absolute atomic E-state index is 0.0314. The summed E-state index contributed by atoms with van der Waals surface area (Å²) in [6.45, 7) is 1.74. The van der Waals surface area contributed by atoms with Crippen LogP contribution in [0.2, 0.25) is 0 Å². The average Bonchev–Trinajstić information content (AvgIpc) is 3.60. The van der Waals surface area contributed by atoms with Crippen LogP contribution in [0.4, 0.5) is 5.13 Å². The van der Waals surface area contributed by atoms with Gasteiger partial charge in [-0.05, 0) is 23.6 Å². The van der Waals surface area contributed by atoms with Crippen molar-refractivity contribution in [1.29, 1.82) is 0 Å². The largest absolute Gasteiger partial charge is 0.461 e. The SMILES string of the molecule is CCOC(=O)C1=C(C=NO)SCC2C(NC(=O)C(=NOC)c3csc(NC(c4ccccc4)(c4ccccc4)c4ccccc4)n3)C(=O)N12. The van der Waals surface area contributed by atoms with Gasteiger partial charge in [-0.25, -0.2) is 9.78 Å². The van der Waals surface area contributed by atoms with E-state index in [0.717, 1.165) is 22.9 Å². The summed E-state index contributed by atoms with van der Waals surface area (Å²) in [5.74, 6) is -1.58. The standard InChI is InChI=1S/C35H32N6O6S2/c1-3-47-33(44)30-27(19-36-45)48-21-26-29(32(43)41(26)30)38-31(42)28(40-46-2)25-20-49-34(37-25)39-35(22-13-7-4-8-14-22,23-15-9-5-10-16-23)24-17-11-6-12-18-24/h4-20,26,29,45H,3,21H2,1-2H3,(H,37,39)(H,38,42). The highest BCUT2D eigenvalue weighted by molar-refractivity contribution is 8.04. The molecule has 14 heteroatoms. The molecule has 2 amide bonds. The van der Waals surface area contributed by atoms with Crippen LogP contribution in [0, 0.1) is 0 Å². The van der Waals surface area contributed by atoms with E-state index in [-0.39, 0.29) is 28.6 Å². The van der Waals surface area contributed by atoms with E-state index in [9.17, 15) is 14.4 Å². The predicted molar refractivity (Wildman–Crippen MR) is 187 cm³/mol. The van der Waals surface area contributed by atoms with E-state index in [1.807, 2.05) is 54.6 Å². The third-order valence-electron chi connectivity index (χ3n) is 8.09. The van der Waals surface area contributed by atoms with Crippen LogP contribution in [0.1, 0.15) is 29.3 Å². The summed E-state index contributed by atoms with van der Waals surface area (Å²) in [5, 5.41) is 24.7. The molecule has 3 heterocycles. The van der Waals surface area contributed by atoms with Crippen molar-refractivity contribution >= 4 is 57.9 Å². The van der Waals surface area contributed by atoms with Gasteiger partial charge >= 0.3 is 5.97 Å². The molecule has 2 atom stereocenters. The number of aromatic nitrogens is 1. The first kappa shape index (κ1) is 33.4. The zero-order valence-corrected chi connectivity index (χ0v) is 28.1. The number of benzene rings is 3. The molecule has 12 nitrogen and oxygen atoms in total. The van der Waals surface area contributed by atoms with Crippen molar-refractivity contribution in [2.75, 3.05) is 24.8 Å². The van der Waals surface area contributed by atoms with Gasteiger partial charge in [-0.3, -0.25) is 14.5 Å². The maximum absolute atomic E-state index is 13.7. The molecule has 2 unspecified atom stereocenters. The second-order valence-electron chi connectivity index (χ2n) is 10.8. The number of carbonyl (C=O) groups excluding carboxylic acids is 3. The maximum Gasteiger partial charge on any atom is 0.356 e. The first-order valence-electron chi connectivity index (χ1n) is 15.3. The Morgan fingerprint density at radius 3 is 2.14 bits per heavy atom. The molecule has 49 heavy (non-hydrogen) atoms. The van der Waals surface area contributed by atoms with Gasteiger partial charge in [-0.2, -0.15) is 0 Å². The van der Waals surface area contributed by atoms with Crippen molar-refractivity contribution in [3.05, 3.63) is 129 Å². The fourth-order valence-electron chi connectivity index (χ4n) is 5.95. The number of hydrogen-bond acceptors (Lipinski definition) is 12. The average molecular weight is 697 g/mol. The molecule has 250 valence electrons. The number of allylic oxidation sites excluding steroid dienone is 1. The van der Waals surface area contributed by atoms with Crippen LogP contribution in [0.3, 0.4) is 0 Å². The number of fused-ring (bicyclic) bond motifs is 1. The highest BCUT2D eigenvalue weighted by Crippen LogP contribution is 2.41. The Morgan fingerprint density at radius 1 is 1.02 bits per heavy atom. The number of amides is 2. The number of ether oxygens (including phenoxy) is 1. The van der Waals surface area contributed by atoms with Crippen LogP contribution >= 0.6 is 23.1 Å². The first-order chi connectivity index (χ1) is 23.9. The number of anilines is 1. The number of nitrogens with one attached hydrogen (secondary N) is 2. The van der Waals surface area contributed by atoms with Gasteiger partial charge in [-0.1, -0.05) is 101 Å².